The van der Waals surface area contributed by atoms with Gasteiger partial charge in [0.25, 0.3) is 11.6 Å². The number of hydrogen-bond acceptors (Lipinski definition) is 6. The summed E-state index contributed by atoms with van der Waals surface area (Å²) in [6.45, 7) is 3.73. The van der Waals surface area contributed by atoms with Crippen molar-refractivity contribution < 1.29 is 14.1 Å². The van der Waals surface area contributed by atoms with Crippen LogP contribution in [0.3, 0.4) is 0 Å². The molecule has 1 amide bonds. The average molecular weight is 357 g/mol. The predicted molar refractivity (Wildman–Crippen MR) is 93.6 cm³/mol. The van der Waals surface area contributed by atoms with Gasteiger partial charge in [-0.3, -0.25) is 14.9 Å². The first-order chi connectivity index (χ1) is 12.0. The monoisotopic (exact) mass is 357 g/mol. The number of thiazole rings is 1. The Morgan fingerprint density at radius 3 is 2.80 bits per heavy atom. The van der Waals surface area contributed by atoms with E-state index in [9.17, 15) is 14.9 Å². The molecule has 2 heterocycles. The average Bonchev–Trinajstić information content (AvgIpc) is 3.22. The van der Waals surface area contributed by atoms with E-state index in [2.05, 4.69) is 10.3 Å². The van der Waals surface area contributed by atoms with E-state index < -0.39 is 4.92 Å². The molecule has 0 bridgehead atoms. The lowest BCUT2D eigenvalue weighted by molar-refractivity contribution is -0.385. The van der Waals surface area contributed by atoms with E-state index in [0.29, 0.717) is 23.4 Å². The lowest BCUT2D eigenvalue weighted by Gasteiger charge is -2.07. The number of nitrogens with zero attached hydrogens (tertiary/aromatic N) is 2. The van der Waals surface area contributed by atoms with Gasteiger partial charge in [-0.2, -0.15) is 0 Å². The number of nitro groups is 1. The van der Waals surface area contributed by atoms with Crippen LogP contribution in [-0.2, 0) is 6.54 Å². The Morgan fingerprint density at radius 1 is 1.32 bits per heavy atom. The van der Waals surface area contributed by atoms with Gasteiger partial charge in [-0.05, 0) is 32.0 Å². The summed E-state index contributed by atoms with van der Waals surface area (Å²) >= 11 is 1.44. The molecular formula is C17H15N3O4S. The van der Waals surface area contributed by atoms with Crippen molar-refractivity contribution in [2.75, 3.05) is 0 Å². The molecule has 2 aromatic heterocycles. The fourth-order valence-electron chi connectivity index (χ4n) is 2.42. The fraction of sp³-hybridized carbons (Fsp3) is 0.176. The molecule has 0 atom stereocenters. The van der Waals surface area contributed by atoms with Crippen molar-refractivity contribution >= 4 is 22.9 Å². The zero-order valence-corrected chi connectivity index (χ0v) is 14.4. The van der Waals surface area contributed by atoms with Gasteiger partial charge in [0.05, 0.1) is 23.4 Å². The molecule has 1 N–H and O–H groups in total. The summed E-state index contributed by atoms with van der Waals surface area (Å²) < 4.78 is 5.33. The number of carbonyl (C=O) groups excluding carboxylic acids is 1. The van der Waals surface area contributed by atoms with Crippen LogP contribution in [0.15, 0.2) is 41.0 Å². The summed E-state index contributed by atoms with van der Waals surface area (Å²) in [5, 5.41) is 14.5. The molecule has 3 rings (SSSR count). The minimum absolute atomic E-state index is 0.0678. The molecule has 25 heavy (non-hydrogen) atoms. The van der Waals surface area contributed by atoms with Crippen molar-refractivity contribution in [3.63, 3.8) is 0 Å². The molecule has 128 valence electrons. The van der Waals surface area contributed by atoms with Gasteiger partial charge < -0.3 is 9.73 Å². The van der Waals surface area contributed by atoms with Gasteiger partial charge in [0, 0.05) is 22.1 Å². The van der Waals surface area contributed by atoms with Crippen LogP contribution in [0.25, 0.3) is 10.8 Å². The second-order valence-electron chi connectivity index (χ2n) is 5.39. The molecule has 0 spiro atoms. The van der Waals surface area contributed by atoms with Crippen LogP contribution in [0, 0.1) is 24.0 Å². The normalized spacial score (nSPS) is 10.6. The lowest BCUT2D eigenvalue weighted by atomic mass is 10.1. The Kier molecular flexibility index (Phi) is 4.62. The van der Waals surface area contributed by atoms with Crippen LogP contribution in [0.5, 0.6) is 0 Å². The van der Waals surface area contributed by atoms with Crippen molar-refractivity contribution in [2.45, 2.75) is 20.4 Å². The highest BCUT2D eigenvalue weighted by molar-refractivity contribution is 7.15. The standard InChI is InChI=1S/C17H15N3O4S/c1-10-12(5-3-6-13(10)20(22)23)16(21)18-9-15-11(2)19-17(25-15)14-7-4-8-24-14/h3-8H,9H2,1-2H3,(H,18,21). The van der Waals surface area contributed by atoms with Gasteiger partial charge in [-0.1, -0.05) is 6.07 Å². The number of amides is 1. The van der Waals surface area contributed by atoms with Gasteiger partial charge in [0.15, 0.2) is 10.8 Å². The summed E-state index contributed by atoms with van der Waals surface area (Å²) in [7, 11) is 0. The smallest absolute Gasteiger partial charge is 0.273 e. The minimum Gasteiger partial charge on any atom is -0.462 e. The van der Waals surface area contributed by atoms with E-state index in [1.165, 1.54) is 23.5 Å². The number of hydrogen-bond donors (Lipinski definition) is 1. The van der Waals surface area contributed by atoms with Crippen molar-refractivity contribution in [3.8, 4) is 10.8 Å². The largest absolute Gasteiger partial charge is 0.462 e. The number of aryl methyl sites for hydroxylation is 1. The van der Waals surface area contributed by atoms with E-state index in [1.54, 1.807) is 25.3 Å². The fourth-order valence-corrected chi connectivity index (χ4v) is 3.39. The van der Waals surface area contributed by atoms with Crippen LogP contribution in [0.4, 0.5) is 5.69 Å². The Balaban J connectivity index is 1.75. The number of nitrogens with one attached hydrogen (secondary N) is 1. The molecule has 0 saturated heterocycles. The van der Waals surface area contributed by atoms with E-state index in [0.717, 1.165) is 15.6 Å². The zero-order chi connectivity index (χ0) is 18.0. The molecule has 0 fully saturated rings. The maximum atomic E-state index is 12.4. The predicted octanol–water partition coefficient (Wildman–Crippen LogP) is 3.86. The van der Waals surface area contributed by atoms with Gasteiger partial charge >= 0.3 is 0 Å². The number of carbonyl (C=O) groups is 1. The third kappa shape index (κ3) is 3.43. The first-order valence-electron chi connectivity index (χ1n) is 7.49. The Labute approximate surface area is 147 Å². The topological polar surface area (TPSA) is 98.3 Å². The molecule has 3 aromatic rings. The van der Waals surface area contributed by atoms with Crippen molar-refractivity contribution in [1.82, 2.24) is 10.3 Å². The van der Waals surface area contributed by atoms with Crippen molar-refractivity contribution in [1.29, 1.82) is 0 Å². The van der Waals surface area contributed by atoms with Crippen LogP contribution in [0.2, 0.25) is 0 Å². The van der Waals surface area contributed by atoms with Crippen LogP contribution in [0.1, 0.15) is 26.5 Å². The van der Waals surface area contributed by atoms with Gasteiger partial charge in [0.1, 0.15) is 0 Å². The van der Waals surface area contributed by atoms with Gasteiger partial charge in [-0.25, -0.2) is 4.98 Å². The summed E-state index contributed by atoms with van der Waals surface area (Å²) in [6, 6.07) is 8.08. The molecular weight excluding hydrogens is 342 g/mol. The lowest BCUT2D eigenvalue weighted by Crippen LogP contribution is -2.23. The second-order valence-corrected chi connectivity index (χ2v) is 6.48. The molecule has 8 heteroatoms. The summed E-state index contributed by atoms with van der Waals surface area (Å²) in [5.41, 5.74) is 1.39. The van der Waals surface area contributed by atoms with Gasteiger partial charge in [0.2, 0.25) is 0 Å². The maximum Gasteiger partial charge on any atom is 0.273 e. The second kappa shape index (κ2) is 6.86. The van der Waals surface area contributed by atoms with E-state index in [-0.39, 0.29) is 11.6 Å². The first-order valence-corrected chi connectivity index (χ1v) is 8.31. The third-order valence-corrected chi connectivity index (χ3v) is 4.95. The highest BCUT2D eigenvalue weighted by Gasteiger charge is 2.18. The molecule has 1 aromatic carbocycles. The minimum atomic E-state index is -0.491. The van der Waals surface area contributed by atoms with Crippen LogP contribution >= 0.6 is 11.3 Å². The highest BCUT2D eigenvalue weighted by atomic mass is 32.1. The Morgan fingerprint density at radius 2 is 2.12 bits per heavy atom. The number of rotatable bonds is 5. The summed E-state index contributed by atoms with van der Waals surface area (Å²) in [6.07, 6.45) is 1.58. The van der Waals surface area contributed by atoms with E-state index in [1.807, 2.05) is 13.0 Å². The number of furan rings is 1. The van der Waals surface area contributed by atoms with Crippen molar-refractivity contribution in [2.24, 2.45) is 0 Å². The summed E-state index contributed by atoms with van der Waals surface area (Å²) in [4.78, 5) is 28.2. The molecule has 0 unspecified atom stereocenters. The molecule has 0 saturated carbocycles. The number of benzene rings is 1. The van der Waals surface area contributed by atoms with Gasteiger partial charge in [-0.15, -0.1) is 11.3 Å². The van der Waals surface area contributed by atoms with E-state index in [4.69, 9.17) is 4.42 Å². The zero-order valence-electron chi connectivity index (χ0n) is 13.6. The van der Waals surface area contributed by atoms with E-state index >= 15 is 0 Å². The Hall–Kier alpha value is -3.00. The molecule has 7 nitrogen and oxygen atoms in total. The maximum absolute atomic E-state index is 12.4. The summed E-state index contributed by atoms with van der Waals surface area (Å²) in [5.74, 6) is 0.328. The number of aromatic nitrogens is 1. The highest BCUT2D eigenvalue weighted by Crippen LogP contribution is 2.28. The number of nitro benzene ring substituents is 1. The quantitative estimate of drug-likeness (QED) is 0.552. The molecule has 0 aliphatic heterocycles. The van der Waals surface area contributed by atoms with Crippen LogP contribution < -0.4 is 5.32 Å². The molecule has 0 radical (unpaired) electrons. The SMILES string of the molecule is Cc1nc(-c2ccco2)sc1CNC(=O)c1cccc([N+](=O)[O-])c1C. The third-order valence-electron chi connectivity index (χ3n) is 3.78. The Bertz CT molecular complexity index is 932. The first kappa shape index (κ1) is 16.8. The van der Waals surface area contributed by atoms with Crippen molar-refractivity contribution in [3.05, 3.63) is 68.4 Å². The van der Waals surface area contributed by atoms with Crippen LogP contribution in [-0.4, -0.2) is 15.8 Å². The molecule has 0 aliphatic rings. The molecule has 0 aliphatic carbocycles.